The Bertz CT molecular complexity index is 410. The van der Waals surface area contributed by atoms with E-state index in [1.165, 1.54) is 0 Å². The fourth-order valence-corrected chi connectivity index (χ4v) is 3.05. The highest BCUT2D eigenvalue weighted by atomic mass is 16.6. The van der Waals surface area contributed by atoms with Crippen molar-refractivity contribution in [1.82, 2.24) is 0 Å². The standard InChI is InChI=1S/C15H22O4/c1-8-6-14-12(10(3)15(18)19-14)5-4-11(8)13(17)7-9(2)16/h4,8-9,12-14,16-17H,3,5-7H2,1-2H3/t8-,9?,12+,13?,14-/m0/s1. The van der Waals surface area contributed by atoms with Gasteiger partial charge in [-0.05, 0) is 31.3 Å². The van der Waals surface area contributed by atoms with Crippen LogP contribution in [-0.2, 0) is 9.53 Å². The molecule has 2 aliphatic rings. The van der Waals surface area contributed by atoms with Crippen LogP contribution in [0.4, 0.5) is 0 Å². The summed E-state index contributed by atoms with van der Waals surface area (Å²) >= 11 is 0. The Kier molecular flexibility index (Phi) is 4.11. The molecule has 0 radical (unpaired) electrons. The summed E-state index contributed by atoms with van der Waals surface area (Å²) in [5, 5.41) is 19.5. The molecular formula is C15H22O4. The molecule has 1 fully saturated rings. The van der Waals surface area contributed by atoms with Gasteiger partial charge in [-0.2, -0.15) is 0 Å². The molecule has 2 unspecified atom stereocenters. The van der Waals surface area contributed by atoms with E-state index < -0.39 is 12.2 Å². The van der Waals surface area contributed by atoms with E-state index in [1.807, 2.05) is 13.0 Å². The van der Waals surface area contributed by atoms with Gasteiger partial charge in [-0.15, -0.1) is 0 Å². The maximum atomic E-state index is 11.5. The van der Waals surface area contributed by atoms with Crippen molar-refractivity contribution in [3.63, 3.8) is 0 Å². The number of rotatable bonds is 3. The first-order chi connectivity index (χ1) is 8.90. The van der Waals surface area contributed by atoms with Crippen molar-refractivity contribution >= 4 is 5.97 Å². The van der Waals surface area contributed by atoms with Crippen molar-refractivity contribution in [1.29, 1.82) is 0 Å². The topological polar surface area (TPSA) is 66.8 Å². The lowest BCUT2D eigenvalue weighted by Crippen LogP contribution is -2.23. The molecule has 0 aromatic rings. The van der Waals surface area contributed by atoms with E-state index in [9.17, 15) is 15.0 Å². The van der Waals surface area contributed by atoms with Gasteiger partial charge >= 0.3 is 5.97 Å². The lowest BCUT2D eigenvalue weighted by Gasteiger charge is -2.22. The second kappa shape index (κ2) is 5.47. The number of allylic oxidation sites excluding steroid dienone is 1. The Labute approximate surface area is 113 Å². The van der Waals surface area contributed by atoms with Gasteiger partial charge in [0, 0.05) is 17.9 Å². The third-order valence-corrected chi connectivity index (χ3v) is 4.13. The molecule has 1 aliphatic carbocycles. The summed E-state index contributed by atoms with van der Waals surface area (Å²) in [6.45, 7) is 7.49. The van der Waals surface area contributed by atoms with Gasteiger partial charge in [0.2, 0.25) is 0 Å². The quantitative estimate of drug-likeness (QED) is 0.462. The van der Waals surface area contributed by atoms with Gasteiger partial charge in [-0.25, -0.2) is 4.79 Å². The van der Waals surface area contributed by atoms with Crippen molar-refractivity contribution in [2.45, 2.75) is 51.4 Å². The van der Waals surface area contributed by atoms with Gasteiger partial charge < -0.3 is 14.9 Å². The highest BCUT2D eigenvalue weighted by Gasteiger charge is 2.41. The average Bonchev–Trinajstić information content (AvgIpc) is 2.47. The summed E-state index contributed by atoms with van der Waals surface area (Å²) in [7, 11) is 0. The largest absolute Gasteiger partial charge is 0.458 e. The van der Waals surface area contributed by atoms with E-state index in [0.717, 1.165) is 5.57 Å². The third kappa shape index (κ3) is 2.90. The first kappa shape index (κ1) is 14.3. The second-order valence-electron chi connectivity index (χ2n) is 5.75. The predicted molar refractivity (Wildman–Crippen MR) is 71.3 cm³/mol. The Morgan fingerprint density at radius 2 is 2.21 bits per heavy atom. The zero-order chi connectivity index (χ0) is 14.2. The Hall–Kier alpha value is -1.13. The van der Waals surface area contributed by atoms with E-state index in [0.29, 0.717) is 24.8 Å². The number of esters is 1. The van der Waals surface area contributed by atoms with Crippen LogP contribution in [-0.4, -0.2) is 34.5 Å². The number of fused-ring (bicyclic) bond motifs is 1. The third-order valence-electron chi connectivity index (χ3n) is 4.13. The molecule has 0 bridgehead atoms. The molecule has 4 nitrogen and oxygen atoms in total. The minimum Gasteiger partial charge on any atom is -0.458 e. The molecule has 1 saturated heterocycles. The molecule has 0 amide bonds. The van der Waals surface area contributed by atoms with E-state index in [1.54, 1.807) is 6.92 Å². The first-order valence-corrected chi connectivity index (χ1v) is 6.86. The summed E-state index contributed by atoms with van der Waals surface area (Å²) in [5.74, 6) is -0.114. The summed E-state index contributed by atoms with van der Waals surface area (Å²) in [6, 6.07) is 0. The van der Waals surface area contributed by atoms with Crippen molar-refractivity contribution < 1.29 is 19.7 Å². The fraction of sp³-hybridized carbons (Fsp3) is 0.667. The lowest BCUT2D eigenvalue weighted by atomic mass is 9.89. The smallest absolute Gasteiger partial charge is 0.334 e. The van der Waals surface area contributed by atoms with Gasteiger partial charge in [0.05, 0.1) is 12.2 Å². The predicted octanol–water partition coefficient (Wildman–Crippen LogP) is 1.57. The molecule has 19 heavy (non-hydrogen) atoms. The lowest BCUT2D eigenvalue weighted by molar-refractivity contribution is -0.139. The maximum Gasteiger partial charge on any atom is 0.334 e. The molecule has 4 heteroatoms. The second-order valence-corrected chi connectivity index (χ2v) is 5.75. The fourth-order valence-electron chi connectivity index (χ4n) is 3.05. The Balaban J connectivity index is 2.13. The van der Waals surface area contributed by atoms with Crippen molar-refractivity contribution in [2.75, 3.05) is 0 Å². The molecule has 0 aromatic carbocycles. The van der Waals surface area contributed by atoms with E-state index in [-0.39, 0.29) is 23.9 Å². The molecule has 1 aliphatic heterocycles. The zero-order valence-electron chi connectivity index (χ0n) is 11.5. The van der Waals surface area contributed by atoms with Crippen LogP contribution in [0.3, 0.4) is 0 Å². The van der Waals surface area contributed by atoms with Crippen molar-refractivity contribution in [3.05, 3.63) is 23.8 Å². The number of carbonyl (C=O) groups excluding carboxylic acids is 1. The number of hydrogen-bond acceptors (Lipinski definition) is 4. The van der Waals surface area contributed by atoms with Gasteiger partial charge in [0.15, 0.2) is 0 Å². The zero-order valence-corrected chi connectivity index (χ0v) is 11.5. The van der Waals surface area contributed by atoms with Crippen LogP contribution in [0, 0.1) is 11.8 Å². The Morgan fingerprint density at radius 3 is 2.84 bits per heavy atom. The molecule has 2 N–H and O–H groups in total. The number of hydrogen-bond donors (Lipinski definition) is 2. The minimum absolute atomic E-state index is 0.0335. The summed E-state index contributed by atoms with van der Waals surface area (Å²) in [4.78, 5) is 11.5. The number of ether oxygens (including phenoxy) is 1. The SMILES string of the molecule is C=C1C(=O)O[C@H]2C[C@H](C)C(C(O)CC(C)O)=CC[C@H]12. The normalized spacial score (nSPS) is 34.1. The average molecular weight is 266 g/mol. The number of aliphatic hydroxyl groups excluding tert-OH is 2. The van der Waals surface area contributed by atoms with E-state index >= 15 is 0 Å². The molecule has 5 atom stereocenters. The molecule has 106 valence electrons. The highest BCUT2D eigenvalue weighted by molar-refractivity contribution is 5.90. The first-order valence-electron chi connectivity index (χ1n) is 6.86. The Morgan fingerprint density at radius 1 is 1.53 bits per heavy atom. The van der Waals surface area contributed by atoms with Crippen LogP contribution >= 0.6 is 0 Å². The molecule has 2 rings (SSSR count). The van der Waals surface area contributed by atoms with Crippen LogP contribution in [0.15, 0.2) is 23.8 Å². The van der Waals surface area contributed by atoms with Gasteiger partial charge in [-0.3, -0.25) is 0 Å². The molecular weight excluding hydrogens is 244 g/mol. The van der Waals surface area contributed by atoms with Gasteiger partial charge in [0.25, 0.3) is 0 Å². The number of aliphatic hydroxyl groups is 2. The van der Waals surface area contributed by atoms with Crippen LogP contribution in [0.25, 0.3) is 0 Å². The van der Waals surface area contributed by atoms with Crippen molar-refractivity contribution in [2.24, 2.45) is 11.8 Å². The van der Waals surface area contributed by atoms with Crippen LogP contribution < -0.4 is 0 Å². The summed E-state index contributed by atoms with van der Waals surface area (Å²) in [5.41, 5.74) is 1.49. The van der Waals surface area contributed by atoms with Crippen LogP contribution in [0.2, 0.25) is 0 Å². The molecule has 1 heterocycles. The number of carbonyl (C=O) groups is 1. The maximum absolute atomic E-state index is 11.5. The molecule has 0 spiro atoms. The minimum atomic E-state index is -0.627. The molecule has 0 saturated carbocycles. The molecule has 0 aromatic heterocycles. The summed E-state index contributed by atoms with van der Waals surface area (Å²) in [6.07, 6.45) is 2.44. The van der Waals surface area contributed by atoms with Crippen LogP contribution in [0.1, 0.15) is 33.1 Å². The van der Waals surface area contributed by atoms with Crippen molar-refractivity contribution in [3.8, 4) is 0 Å². The van der Waals surface area contributed by atoms with E-state index in [4.69, 9.17) is 4.74 Å². The van der Waals surface area contributed by atoms with Gasteiger partial charge in [0.1, 0.15) is 6.10 Å². The van der Waals surface area contributed by atoms with E-state index in [2.05, 4.69) is 6.58 Å². The van der Waals surface area contributed by atoms with Crippen LogP contribution in [0.5, 0.6) is 0 Å². The highest BCUT2D eigenvalue weighted by Crippen LogP contribution is 2.39. The monoisotopic (exact) mass is 266 g/mol. The summed E-state index contributed by atoms with van der Waals surface area (Å²) < 4.78 is 5.33. The van der Waals surface area contributed by atoms with Gasteiger partial charge in [-0.1, -0.05) is 19.6 Å².